The number of hydrogen-bond acceptors (Lipinski definition) is 3. The largest absolute Gasteiger partial charge is 0.480 e. The van der Waals surface area contributed by atoms with Gasteiger partial charge in [-0.25, -0.2) is 0 Å². The molecule has 1 aliphatic heterocycles. The van der Waals surface area contributed by atoms with Crippen LogP contribution in [0.3, 0.4) is 0 Å². The predicted molar refractivity (Wildman–Crippen MR) is 67.0 cm³/mol. The monoisotopic (exact) mass is 246 g/mol. The molecule has 0 aliphatic carbocycles. The normalized spacial score (nSPS) is 28.0. The summed E-state index contributed by atoms with van der Waals surface area (Å²) in [5.41, 5.74) is -0.420. The average Bonchev–Trinajstić information content (AvgIpc) is 2.17. The molecule has 0 aromatic heterocycles. The lowest BCUT2D eigenvalue weighted by Gasteiger charge is -2.31. The zero-order valence-electron chi connectivity index (χ0n) is 11.0. The molecular formula is C12H22O3S. The first-order chi connectivity index (χ1) is 6.96. The smallest absolute Gasteiger partial charge is 0.319 e. The maximum atomic E-state index is 11.1. The van der Waals surface area contributed by atoms with Crippen LogP contribution in [0.4, 0.5) is 0 Å². The first-order valence-corrected chi connectivity index (χ1v) is 6.46. The van der Waals surface area contributed by atoms with Gasteiger partial charge in [-0.1, -0.05) is 0 Å². The number of carbonyl (C=O) groups is 1. The van der Waals surface area contributed by atoms with Gasteiger partial charge in [0.1, 0.15) is 4.75 Å². The summed E-state index contributed by atoms with van der Waals surface area (Å²) in [7, 11) is 0. The molecule has 1 atom stereocenters. The second-order valence-electron chi connectivity index (χ2n) is 6.09. The van der Waals surface area contributed by atoms with E-state index in [4.69, 9.17) is 9.84 Å². The molecule has 0 saturated carbocycles. The van der Waals surface area contributed by atoms with Crippen LogP contribution in [-0.4, -0.2) is 32.3 Å². The molecule has 1 fully saturated rings. The molecule has 0 aromatic rings. The van der Waals surface area contributed by atoms with Crippen molar-refractivity contribution in [2.24, 2.45) is 0 Å². The quantitative estimate of drug-likeness (QED) is 0.831. The molecule has 1 N–H and O–H groups in total. The van der Waals surface area contributed by atoms with E-state index >= 15 is 0 Å². The number of aliphatic carboxylic acids is 1. The number of thioether (sulfide) groups is 1. The number of rotatable bonds is 3. The standard InChI is InChI=1S/C12H22O3S/c1-10(2)7-8(11(3,4)15-10)16-12(5,6)9(13)14/h8H,7H2,1-6H3,(H,13,14). The number of ether oxygens (including phenoxy) is 1. The third-order valence-electron chi connectivity index (χ3n) is 2.94. The number of carboxylic acids is 1. The topological polar surface area (TPSA) is 46.5 Å². The van der Waals surface area contributed by atoms with E-state index in [9.17, 15) is 4.79 Å². The molecule has 1 saturated heterocycles. The van der Waals surface area contributed by atoms with Gasteiger partial charge in [-0.05, 0) is 48.0 Å². The van der Waals surface area contributed by atoms with Gasteiger partial charge in [0.25, 0.3) is 0 Å². The van der Waals surface area contributed by atoms with Crippen molar-refractivity contribution < 1.29 is 14.6 Å². The lowest BCUT2D eigenvalue weighted by Crippen LogP contribution is -2.37. The van der Waals surface area contributed by atoms with Gasteiger partial charge in [-0.15, -0.1) is 11.8 Å². The summed E-state index contributed by atoms with van der Waals surface area (Å²) in [6, 6.07) is 0. The van der Waals surface area contributed by atoms with E-state index in [1.807, 2.05) is 13.8 Å². The molecule has 1 aliphatic rings. The van der Waals surface area contributed by atoms with Gasteiger partial charge in [0.15, 0.2) is 0 Å². The molecule has 0 spiro atoms. The Morgan fingerprint density at radius 1 is 1.38 bits per heavy atom. The summed E-state index contributed by atoms with van der Waals surface area (Å²) in [6.45, 7) is 11.7. The van der Waals surface area contributed by atoms with Crippen LogP contribution >= 0.6 is 11.8 Å². The molecule has 4 heteroatoms. The highest BCUT2D eigenvalue weighted by molar-refractivity contribution is 8.02. The summed E-state index contributed by atoms with van der Waals surface area (Å²) < 4.78 is 5.20. The van der Waals surface area contributed by atoms with Crippen LogP contribution in [0.25, 0.3) is 0 Å². The summed E-state index contributed by atoms with van der Waals surface area (Å²) in [4.78, 5) is 11.1. The number of carboxylic acid groups (broad SMARTS) is 1. The van der Waals surface area contributed by atoms with Gasteiger partial charge in [0.2, 0.25) is 0 Å². The summed E-state index contributed by atoms with van der Waals surface area (Å²) in [5.74, 6) is -0.766. The molecule has 94 valence electrons. The highest BCUT2D eigenvalue weighted by Gasteiger charge is 2.49. The van der Waals surface area contributed by atoms with Gasteiger partial charge >= 0.3 is 5.97 Å². The minimum absolute atomic E-state index is 0.157. The van der Waals surface area contributed by atoms with E-state index in [-0.39, 0.29) is 16.5 Å². The maximum Gasteiger partial charge on any atom is 0.319 e. The lowest BCUT2D eigenvalue weighted by molar-refractivity contribution is -0.138. The van der Waals surface area contributed by atoms with Crippen LogP contribution in [0, 0.1) is 0 Å². The van der Waals surface area contributed by atoms with Crippen LogP contribution in [-0.2, 0) is 9.53 Å². The predicted octanol–water partition coefficient (Wildman–Crippen LogP) is 2.93. The van der Waals surface area contributed by atoms with Crippen LogP contribution < -0.4 is 0 Å². The molecule has 0 aromatic carbocycles. The summed E-state index contributed by atoms with van der Waals surface area (Å²) in [6.07, 6.45) is 0.890. The average molecular weight is 246 g/mol. The molecular weight excluding hydrogens is 224 g/mol. The van der Waals surface area contributed by atoms with Crippen molar-refractivity contribution in [3.8, 4) is 0 Å². The van der Waals surface area contributed by atoms with Crippen LogP contribution in [0.2, 0.25) is 0 Å². The Hall–Kier alpha value is -0.220. The first-order valence-electron chi connectivity index (χ1n) is 5.58. The second-order valence-corrected chi connectivity index (χ2v) is 7.92. The van der Waals surface area contributed by atoms with Crippen molar-refractivity contribution in [3.63, 3.8) is 0 Å². The van der Waals surface area contributed by atoms with Gasteiger partial charge in [-0.2, -0.15) is 0 Å². The summed E-state index contributed by atoms with van der Waals surface area (Å²) >= 11 is 1.50. The highest BCUT2D eigenvalue weighted by Crippen LogP contribution is 2.47. The molecule has 0 bridgehead atoms. The SMILES string of the molecule is CC1(C)CC(SC(C)(C)C(=O)O)C(C)(C)O1. The minimum Gasteiger partial charge on any atom is -0.480 e. The van der Waals surface area contributed by atoms with E-state index in [1.165, 1.54) is 11.8 Å². The molecule has 16 heavy (non-hydrogen) atoms. The van der Waals surface area contributed by atoms with E-state index < -0.39 is 10.7 Å². The fourth-order valence-electron chi connectivity index (χ4n) is 2.10. The minimum atomic E-state index is -0.766. The van der Waals surface area contributed by atoms with Crippen molar-refractivity contribution in [1.29, 1.82) is 0 Å². The van der Waals surface area contributed by atoms with Crippen molar-refractivity contribution >= 4 is 17.7 Å². The third-order valence-corrected chi connectivity index (χ3v) is 4.73. The van der Waals surface area contributed by atoms with E-state index in [1.54, 1.807) is 13.8 Å². The van der Waals surface area contributed by atoms with Crippen molar-refractivity contribution in [2.75, 3.05) is 0 Å². The van der Waals surface area contributed by atoms with Crippen molar-refractivity contribution in [2.45, 2.75) is 69.2 Å². The highest BCUT2D eigenvalue weighted by atomic mass is 32.2. The lowest BCUT2D eigenvalue weighted by atomic mass is 10.0. The Labute approximate surface area is 102 Å². The van der Waals surface area contributed by atoms with Gasteiger partial charge in [0.05, 0.1) is 11.2 Å². The Balaban J connectivity index is 2.79. The Kier molecular flexibility index (Phi) is 3.39. The Morgan fingerprint density at radius 2 is 1.88 bits per heavy atom. The van der Waals surface area contributed by atoms with Gasteiger partial charge in [-0.3, -0.25) is 4.79 Å². The third kappa shape index (κ3) is 2.92. The van der Waals surface area contributed by atoms with Crippen LogP contribution in [0.1, 0.15) is 48.0 Å². The summed E-state index contributed by atoms with van der Waals surface area (Å²) in [5, 5.41) is 9.36. The van der Waals surface area contributed by atoms with Gasteiger partial charge in [0, 0.05) is 5.25 Å². The molecule has 0 amide bonds. The maximum absolute atomic E-state index is 11.1. The van der Waals surface area contributed by atoms with E-state index in [2.05, 4.69) is 13.8 Å². The zero-order valence-corrected chi connectivity index (χ0v) is 11.8. The molecule has 0 radical (unpaired) electrons. The van der Waals surface area contributed by atoms with Gasteiger partial charge < -0.3 is 9.84 Å². The fraction of sp³-hybridized carbons (Fsp3) is 0.917. The fourth-order valence-corrected chi connectivity index (χ4v) is 3.73. The van der Waals surface area contributed by atoms with E-state index in [0.29, 0.717) is 0 Å². The second kappa shape index (κ2) is 3.91. The van der Waals surface area contributed by atoms with Crippen molar-refractivity contribution in [1.82, 2.24) is 0 Å². The zero-order chi connectivity index (χ0) is 12.8. The van der Waals surface area contributed by atoms with E-state index in [0.717, 1.165) is 6.42 Å². The molecule has 1 rings (SSSR count). The first kappa shape index (κ1) is 13.8. The Bertz CT molecular complexity index is 295. The van der Waals surface area contributed by atoms with Crippen molar-refractivity contribution in [3.05, 3.63) is 0 Å². The van der Waals surface area contributed by atoms with Crippen LogP contribution in [0.5, 0.6) is 0 Å². The molecule has 3 nitrogen and oxygen atoms in total. The number of hydrogen-bond donors (Lipinski definition) is 1. The molecule has 1 unspecified atom stereocenters. The Morgan fingerprint density at radius 3 is 2.19 bits per heavy atom. The van der Waals surface area contributed by atoms with Crippen LogP contribution in [0.15, 0.2) is 0 Å². The molecule has 1 heterocycles.